The van der Waals surface area contributed by atoms with Gasteiger partial charge in [-0.15, -0.1) is 0 Å². The first-order valence-electron chi connectivity index (χ1n) is 8.82. The van der Waals surface area contributed by atoms with E-state index in [1.807, 2.05) is 0 Å². The molecule has 1 heterocycles. The maximum atomic E-state index is 12.2. The van der Waals surface area contributed by atoms with Crippen molar-refractivity contribution in [2.24, 2.45) is 4.99 Å². The summed E-state index contributed by atoms with van der Waals surface area (Å²) in [7, 11) is 1.38. The first-order chi connectivity index (χ1) is 14.8. The van der Waals surface area contributed by atoms with Crippen LogP contribution in [0.4, 0.5) is 10.5 Å². The van der Waals surface area contributed by atoms with Crippen LogP contribution in [0.15, 0.2) is 47.1 Å². The van der Waals surface area contributed by atoms with E-state index in [4.69, 9.17) is 30.5 Å². The summed E-state index contributed by atoms with van der Waals surface area (Å²) in [6.45, 7) is 1.80. The zero-order chi connectivity index (χ0) is 22.5. The van der Waals surface area contributed by atoms with Crippen LogP contribution in [0.1, 0.15) is 18.1 Å². The Bertz CT molecular complexity index is 1130. The van der Waals surface area contributed by atoms with Gasteiger partial charge in [-0.2, -0.15) is 0 Å². The quantitative estimate of drug-likeness (QED) is 0.213. The number of cyclic esters (lactones) is 1. The number of halogens is 1. The van der Waals surface area contributed by atoms with Crippen LogP contribution in [0.25, 0.3) is 6.08 Å². The number of nitro groups is 1. The summed E-state index contributed by atoms with van der Waals surface area (Å²) in [5.41, 5.74) is 0.328. The van der Waals surface area contributed by atoms with E-state index in [1.54, 1.807) is 13.0 Å². The van der Waals surface area contributed by atoms with Crippen LogP contribution in [0.2, 0.25) is 5.02 Å². The fourth-order valence-corrected chi connectivity index (χ4v) is 2.77. The van der Waals surface area contributed by atoms with E-state index >= 15 is 0 Å². The number of hydrogen-bond donors (Lipinski definition) is 0. The third-order valence-corrected chi connectivity index (χ3v) is 4.29. The molecule has 0 spiro atoms. The standard InChI is InChI=1S/C20H15ClN2O8/c1-3-29-20(25)30-16-7-4-11(9-17(16)28-2)8-15-19(24)31-18(22-15)13-10-12(23(26)27)5-6-14(13)21/h4-10H,3H2,1-2H3/b15-8-. The molecule has 0 atom stereocenters. The van der Waals surface area contributed by atoms with Gasteiger partial charge in [0.1, 0.15) is 0 Å². The highest BCUT2D eigenvalue weighted by Gasteiger charge is 2.27. The Hall–Kier alpha value is -3.92. The molecule has 0 saturated heterocycles. The summed E-state index contributed by atoms with van der Waals surface area (Å²) in [4.78, 5) is 38.2. The molecule has 0 unspecified atom stereocenters. The van der Waals surface area contributed by atoms with Gasteiger partial charge in [-0.3, -0.25) is 10.1 Å². The summed E-state index contributed by atoms with van der Waals surface area (Å²) in [5.74, 6) is -0.563. The normalized spacial score (nSPS) is 14.1. The lowest BCUT2D eigenvalue weighted by Crippen LogP contribution is -2.10. The van der Waals surface area contributed by atoms with Crippen LogP contribution in [0, 0.1) is 10.1 Å². The Kier molecular flexibility index (Phi) is 6.51. The maximum Gasteiger partial charge on any atom is 0.513 e. The van der Waals surface area contributed by atoms with Crippen molar-refractivity contribution in [1.82, 2.24) is 0 Å². The first kappa shape index (κ1) is 21.8. The van der Waals surface area contributed by atoms with Gasteiger partial charge in [0.25, 0.3) is 5.69 Å². The molecule has 31 heavy (non-hydrogen) atoms. The van der Waals surface area contributed by atoms with E-state index in [-0.39, 0.29) is 46.0 Å². The Labute approximate surface area is 180 Å². The van der Waals surface area contributed by atoms with Crippen molar-refractivity contribution < 1.29 is 33.5 Å². The van der Waals surface area contributed by atoms with Crippen LogP contribution < -0.4 is 9.47 Å². The third-order valence-electron chi connectivity index (χ3n) is 3.96. The van der Waals surface area contributed by atoms with Gasteiger partial charge in [0.05, 0.1) is 29.2 Å². The molecule has 1 aliphatic heterocycles. The van der Waals surface area contributed by atoms with Crippen molar-refractivity contribution in [3.63, 3.8) is 0 Å². The molecule has 160 valence electrons. The molecule has 0 radical (unpaired) electrons. The molecule has 0 fully saturated rings. The molecule has 0 amide bonds. The van der Waals surface area contributed by atoms with Gasteiger partial charge in [-0.1, -0.05) is 17.7 Å². The molecule has 3 rings (SSSR count). The van der Waals surface area contributed by atoms with E-state index in [0.29, 0.717) is 5.56 Å². The lowest BCUT2D eigenvalue weighted by atomic mass is 10.1. The number of methoxy groups -OCH3 is 1. The van der Waals surface area contributed by atoms with Gasteiger partial charge in [0.15, 0.2) is 17.2 Å². The van der Waals surface area contributed by atoms with Gasteiger partial charge in [0.2, 0.25) is 5.90 Å². The second kappa shape index (κ2) is 9.26. The molecule has 10 nitrogen and oxygen atoms in total. The summed E-state index contributed by atoms with van der Waals surface area (Å²) in [6.07, 6.45) is 0.534. The SMILES string of the molecule is CCOC(=O)Oc1ccc(/C=C2\N=C(c3cc([N+](=O)[O-])ccc3Cl)OC2=O)cc1OC. The van der Waals surface area contributed by atoms with Gasteiger partial charge in [-0.25, -0.2) is 14.6 Å². The van der Waals surface area contributed by atoms with E-state index in [9.17, 15) is 19.7 Å². The molecule has 2 aromatic carbocycles. The summed E-state index contributed by atoms with van der Waals surface area (Å²) in [5, 5.41) is 11.1. The number of benzene rings is 2. The number of aliphatic imine (C=N–C) groups is 1. The Balaban J connectivity index is 1.91. The van der Waals surface area contributed by atoms with Crippen molar-refractivity contribution in [1.29, 1.82) is 0 Å². The highest BCUT2D eigenvalue weighted by molar-refractivity contribution is 6.34. The second-order valence-electron chi connectivity index (χ2n) is 5.95. The molecule has 2 aromatic rings. The molecular weight excluding hydrogens is 432 g/mol. The summed E-state index contributed by atoms with van der Waals surface area (Å²) >= 11 is 6.08. The van der Waals surface area contributed by atoms with E-state index in [2.05, 4.69) is 4.99 Å². The van der Waals surface area contributed by atoms with Gasteiger partial charge >= 0.3 is 12.1 Å². The van der Waals surface area contributed by atoms with Gasteiger partial charge in [0, 0.05) is 12.1 Å². The largest absolute Gasteiger partial charge is 0.513 e. The predicted molar refractivity (Wildman–Crippen MR) is 109 cm³/mol. The monoisotopic (exact) mass is 446 g/mol. The highest BCUT2D eigenvalue weighted by atomic mass is 35.5. The molecule has 0 aliphatic carbocycles. The number of ether oxygens (including phenoxy) is 4. The Morgan fingerprint density at radius 2 is 2.03 bits per heavy atom. The number of carbonyl (C=O) groups excluding carboxylic acids is 2. The van der Waals surface area contributed by atoms with Crippen molar-refractivity contribution in [3.8, 4) is 11.5 Å². The lowest BCUT2D eigenvalue weighted by Gasteiger charge is -2.09. The minimum absolute atomic E-state index is 0.0568. The Morgan fingerprint density at radius 3 is 2.71 bits per heavy atom. The first-order valence-corrected chi connectivity index (χ1v) is 9.19. The number of carbonyl (C=O) groups is 2. The fraction of sp³-hybridized carbons (Fsp3) is 0.150. The van der Waals surface area contributed by atoms with E-state index in [1.165, 1.54) is 43.5 Å². The zero-order valence-corrected chi connectivity index (χ0v) is 17.0. The number of nitro benzene ring substituents is 1. The van der Waals surface area contributed by atoms with E-state index < -0.39 is 17.0 Å². The number of hydrogen-bond acceptors (Lipinski definition) is 9. The highest BCUT2D eigenvalue weighted by Crippen LogP contribution is 2.31. The molecule has 0 N–H and O–H groups in total. The van der Waals surface area contributed by atoms with Crippen LogP contribution in [-0.4, -0.2) is 36.7 Å². The average molecular weight is 447 g/mol. The molecule has 1 aliphatic rings. The number of nitrogens with zero attached hydrogens (tertiary/aromatic N) is 2. The number of rotatable bonds is 6. The summed E-state index contributed by atoms with van der Waals surface area (Å²) in [6, 6.07) is 8.26. The molecule has 11 heteroatoms. The van der Waals surface area contributed by atoms with Crippen LogP contribution in [0.3, 0.4) is 0 Å². The smallest absolute Gasteiger partial charge is 0.493 e. The summed E-state index contributed by atoms with van der Waals surface area (Å²) < 4.78 is 20.1. The molecule has 0 saturated carbocycles. The molecule has 0 bridgehead atoms. The minimum atomic E-state index is -0.880. The molecular formula is C20H15ClN2O8. The minimum Gasteiger partial charge on any atom is -0.493 e. The topological polar surface area (TPSA) is 127 Å². The van der Waals surface area contributed by atoms with E-state index in [0.717, 1.165) is 0 Å². The van der Waals surface area contributed by atoms with Crippen molar-refractivity contribution in [2.45, 2.75) is 6.92 Å². The Morgan fingerprint density at radius 1 is 1.26 bits per heavy atom. The zero-order valence-electron chi connectivity index (χ0n) is 16.3. The number of esters is 1. The van der Waals surface area contributed by atoms with Crippen LogP contribution in [0.5, 0.6) is 11.5 Å². The van der Waals surface area contributed by atoms with Crippen LogP contribution >= 0.6 is 11.6 Å². The second-order valence-corrected chi connectivity index (χ2v) is 6.36. The maximum absolute atomic E-state index is 12.2. The fourth-order valence-electron chi connectivity index (χ4n) is 2.57. The van der Waals surface area contributed by atoms with Gasteiger partial charge < -0.3 is 18.9 Å². The lowest BCUT2D eigenvalue weighted by molar-refractivity contribution is -0.384. The van der Waals surface area contributed by atoms with Crippen molar-refractivity contribution in [3.05, 3.63) is 68.4 Å². The van der Waals surface area contributed by atoms with Crippen molar-refractivity contribution in [2.75, 3.05) is 13.7 Å². The average Bonchev–Trinajstić information content (AvgIpc) is 3.09. The third kappa shape index (κ3) is 4.98. The van der Waals surface area contributed by atoms with Crippen molar-refractivity contribution >= 4 is 41.4 Å². The van der Waals surface area contributed by atoms with Crippen LogP contribution in [-0.2, 0) is 14.3 Å². The van der Waals surface area contributed by atoms with Gasteiger partial charge in [-0.05, 0) is 36.8 Å². The predicted octanol–water partition coefficient (Wildman–Crippen LogP) is 4.14. The number of non-ortho nitro benzene ring substituents is 1. The molecule has 0 aromatic heterocycles.